The molecule has 2 rings (SSSR count). The van der Waals surface area contributed by atoms with Crippen LogP contribution in [-0.2, 0) is 4.79 Å². The minimum atomic E-state index is -0.360. The molecule has 134 valence electrons. The van der Waals surface area contributed by atoms with Crippen LogP contribution in [0.2, 0.25) is 0 Å². The van der Waals surface area contributed by atoms with Gasteiger partial charge in [-0.15, -0.1) is 11.3 Å². The number of nitrogens with one attached hydrogen (secondary N) is 2. The van der Waals surface area contributed by atoms with E-state index in [1.54, 1.807) is 11.7 Å². The van der Waals surface area contributed by atoms with Crippen LogP contribution in [-0.4, -0.2) is 28.6 Å². The van der Waals surface area contributed by atoms with Gasteiger partial charge in [-0.25, -0.2) is 10.5 Å². The molecule has 0 spiro atoms. The van der Waals surface area contributed by atoms with Gasteiger partial charge in [0.15, 0.2) is 5.01 Å². The Balaban J connectivity index is 1.72. The lowest BCUT2D eigenvalue weighted by Gasteiger charge is -2.03. The zero-order valence-corrected chi connectivity index (χ0v) is 15.1. The van der Waals surface area contributed by atoms with Crippen molar-refractivity contribution >= 4 is 23.2 Å². The molecule has 0 radical (unpaired) electrons. The van der Waals surface area contributed by atoms with Crippen molar-refractivity contribution in [3.63, 3.8) is 0 Å². The summed E-state index contributed by atoms with van der Waals surface area (Å²) in [6.07, 6.45) is 5.45. The number of benzene rings is 1. The van der Waals surface area contributed by atoms with Crippen LogP contribution in [0.1, 0.15) is 47.5 Å². The summed E-state index contributed by atoms with van der Waals surface area (Å²) in [6.45, 7) is 2.63. The van der Waals surface area contributed by atoms with Gasteiger partial charge in [0.25, 0.3) is 5.91 Å². The Hall–Kier alpha value is -2.25. The van der Waals surface area contributed by atoms with E-state index in [0.717, 1.165) is 41.7 Å². The zero-order chi connectivity index (χ0) is 18.1. The quantitative estimate of drug-likeness (QED) is 0.363. The van der Waals surface area contributed by atoms with Gasteiger partial charge in [0.1, 0.15) is 0 Å². The van der Waals surface area contributed by atoms with E-state index in [1.165, 1.54) is 11.3 Å². The summed E-state index contributed by atoms with van der Waals surface area (Å²) in [5.74, 6) is -0.508. The second-order valence-corrected chi connectivity index (χ2v) is 6.83. The van der Waals surface area contributed by atoms with Crippen LogP contribution in [0.25, 0.3) is 10.4 Å². The summed E-state index contributed by atoms with van der Waals surface area (Å²) in [5, 5.41) is 11.7. The highest BCUT2D eigenvalue weighted by molar-refractivity contribution is 7.17. The van der Waals surface area contributed by atoms with Crippen LogP contribution in [0, 0.1) is 6.92 Å². The van der Waals surface area contributed by atoms with Crippen LogP contribution in [0.3, 0.4) is 0 Å². The smallest absolute Gasteiger partial charge is 0.280 e. The summed E-state index contributed by atoms with van der Waals surface area (Å²) in [5.41, 5.74) is 3.88. The van der Waals surface area contributed by atoms with E-state index in [-0.39, 0.29) is 11.8 Å². The lowest BCUT2D eigenvalue weighted by molar-refractivity contribution is -0.129. The number of rotatable bonds is 9. The van der Waals surface area contributed by atoms with Gasteiger partial charge in [-0.05, 0) is 30.9 Å². The lowest BCUT2D eigenvalue weighted by atomic mass is 10.1. The number of carbonyl (C=O) groups excluding carboxylic acids is 2. The molecule has 0 unspecified atom stereocenters. The lowest BCUT2D eigenvalue weighted by Crippen LogP contribution is -2.24. The number of carbonyl (C=O) groups is 2. The van der Waals surface area contributed by atoms with Gasteiger partial charge < -0.3 is 5.32 Å². The third kappa shape index (κ3) is 5.95. The monoisotopic (exact) mass is 361 g/mol. The maximum absolute atomic E-state index is 12.1. The van der Waals surface area contributed by atoms with Crippen molar-refractivity contribution in [2.24, 2.45) is 0 Å². The molecule has 0 aliphatic rings. The molecule has 0 fully saturated rings. The third-order valence-electron chi connectivity index (χ3n) is 3.85. The van der Waals surface area contributed by atoms with Crippen LogP contribution >= 0.6 is 11.3 Å². The van der Waals surface area contributed by atoms with Gasteiger partial charge >= 0.3 is 0 Å². The van der Waals surface area contributed by atoms with E-state index in [2.05, 4.69) is 10.3 Å². The number of amides is 2. The molecule has 6 nitrogen and oxygen atoms in total. The number of nitrogens with zero attached hydrogens (tertiary/aromatic N) is 1. The topological polar surface area (TPSA) is 91.3 Å². The van der Waals surface area contributed by atoms with E-state index in [4.69, 9.17) is 5.21 Å². The average Bonchev–Trinajstić information content (AvgIpc) is 3.10. The van der Waals surface area contributed by atoms with E-state index >= 15 is 0 Å². The molecular formula is C18H23N3O3S. The Labute approximate surface area is 151 Å². The molecule has 1 aromatic carbocycles. The molecule has 0 saturated carbocycles. The van der Waals surface area contributed by atoms with Crippen LogP contribution < -0.4 is 10.8 Å². The Morgan fingerprint density at radius 2 is 1.92 bits per heavy atom. The number of aryl methyl sites for hydroxylation is 1. The van der Waals surface area contributed by atoms with Crippen molar-refractivity contribution in [2.45, 2.75) is 39.0 Å². The molecule has 0 aliphatic carbocycles. The molecule has 7 heteroatoms. The largest absolute Gasteiger partial charge is 0.350 e. The van der Waals surface area contributed by atoms with Crippen molar-refractivity contribution in [3.8, 4) is 10.4 Å². The number of hydrogen-bond acceptors (Lipinski definition) is 5. The first-order valence-corrected chi connectivity index (χ1v) is 9.16. The second kappa shape index (κ2) is 9.90. The summed E-state index contributed by atoms with van der Waals surface area (Å²) in [6, 6.07) is 8.04. The standard InChI is InChI=1S/C18H23N3O3S/c1-13-8-5-6-9-14(13)15-12-20-18(25-15)17(23)19-11-7-3-2-4-10-16(22)21-24/h5-6,8-9,12,24H,2-4,7,10-11H2,1H3,(H,19,23)(H,21,22). The Kier molecular flexibility index (Phi) is 7.56. The number of unbranched alkanes of at least 4 members (excludes halogenated alkanes) is 3. The highest BCUT2D eigenvalue weighted by atomic mass is 32.1. The third-order valence-corrected chi connectivity index (χ3v) is 4.88. The summed E-state index contributed by atoms with van der Waals surface area (Å²) in [7, 11) is 0. The Morgan fingerprint density at radius 1 is 1.16 bits per heavy atom. The number of hydroxylamine groups is 1. The van der Waals surface area contributed by atoms with E-state index < -0.39 is 0 Å². The van der Waals surface area contributed by atoms with Crippen molar-refractivity contribution < 1.29 is 14.8 Å². The van der Waals surface area contributed by atoms with E-state index in [9.17, 15) is 9.59 Å². The fourth-order valence-corrected chi connectivity index (χ4v) is 3.37. The first-order chi connectivity index (χ1) is 12.1. The average molecular weight is 361 g/mol. The predicted octanol–water partition coefficient (Wildman–Crippen LogP) is 3.30. The second-order valence-electron chi connectivity index (χ2n) is 5.80. The van der Waals surface area contributed by atoms with E-state index in [0.29, 0.717) is 18.0 Å². The molecule has 0 atom stereocenters. The minimum Gasteiger partial charge on any atom is -0.350 e. The zero-order valence-electron chi connectivity index (χ0n) is 14.2. The SMILES string of the molecule is Cc1ccccc1-c1cnc(C(=O)NCCCCCCC(=O)NO)s1. The fourth-order valence-electron chi connectivity index (χ4n) is 2.45. The highest BCUT2D eigenvalue weighted by Crippen LogP contribution is 2.28. The Bertz CT molecular complexity index is 715. The van der Waals surface area contributed by atoms with Gasteiger partial charge in [-0.3, -0.25) is 14.8 Å². The molecule has 1 aromatic heterocycles. The molecule has 3 N–H and O–H groups in total. The molecule has 0 saturated heterocycles. The molecule has 2 aromatic rings. The predicted molar refractivity (Wildman–Crippen MR) is 97.6 cm³/mol. The van der Waals surface area contributed by atoms with Gasteiger partial charge in [-0.2, -0.15) is 0 Å². The number of thiazole rings is 1. The van der Waals surface area contributed by atoms with Crippen molar-refractivity contribution in [2.75, 3.05) is 6.54 Å². The van der Waals surface area contributed by atoms with Gasteiger partial charge in [-0.1, -0.05) is 37.1 Å². The molecule has 1 heterocycles. The first kappa shape index (κ1) is 19.1. The summed E-state index contributed by atoms with van der Waals surface area (Å²) >= 11 is 1.39. The normalized spacial score (nSPS) is 10.5. The first-order valence-electron chi connectivity index (χ1n) is 8.35. The van der Waals surface area contributed by atoms with Crippen molar-refractivity contribution in [3.05, 3.63) is 41.0 Å². The summed E-state index contributed by atoms with van der Waals surface area (Å²) < 4.78 is 0. The fraction of sp³-hybridized carbons (Fsp3) is 0.389. The van der Waals surface area contributed by atoms with Crippen LogP contribution in [0.4, 0.5) is 0 Å². The maximum Gasteiger partial charge on any atom is 0.280 e. The molecule has 25 heavy (non-hydrogen) atoms. The number of hydrogen-bond donors (Lipinski definition) is 3. The van der Waals surface area contributed by atoms with E-state index in [1.807, 2.05) is 31.2 Å². The van der Waals surface area contributed by atoms with Crippen LogP contribution in [0.15, 0.2) is 30.5 Å². The summed E-state index contributed by atoms with van der Waals surface area (Å²) in [4.78, 5) is 28.2. The van der Waals surface area contributed by atoms with Crippen molar-refractivity contribution in [1.82, 2.24) is 15.8 Å². The van der Waals surface area contributed by atoms with Crippen LogP contribution in [0.5, 0.6) is 0 Å². The molecule has 0 aliphatic heterocycles. The van der Waals surface area contributed by atoms with Gasteiger partial charge in [0.05, 0.1) is 4.88 Å². The van der Waals surface area contributed by atoms with Gasteiger partial charge in [0, 0.05) is 19.2 Å². The Morgan fingerprint density at radius 3 is 2.68 bits per heavy atom. The minimum absolute atomic E-state index is 0.149. The molecule has 2 amide bonds. The highest BCUT2D eigenvalue weighted by Gasteiger charge is 2.12. The van der Waals surface area contributed by atoms with Gasteiger partial charge in [0.2, 0.25) is 5.91 Å². The molecular weight excluding hydrogens is 338 g/mol. The molecule has 0 bridgehead atoms. The number of aromatic nitrogens is 1. The van der Waals surface area contributed by atoms with Crippen molar-refractivity contribution in [1.29, 1.82) is 0 Å². The maximum atomic E-state index is 12.1.